The molecule has 0 atom stereocenters. The second kappa shape index (κ2) is 6.09. The van der Waals surface area contributed by atoms with Crippen molar-refractivity contribution in [3.8, 4) is 0 Å². The fourth-order valence-electron chi connectivity index (χ4n) is 1.89. The molecular formula is C16H17BrN2O. The smallest absolute Gasteiger partial charge is 0.255 e. The lowest BCUT2D eigenvalue weighted by atomic mass is 10.1. The van der Waals surface area contributed by atoms with E-state index in [2.05, 4.69) is 21.2 Å². The van der Waals surface area contributed by atoms with Crippen molar-refractivity contribution in [2.75, 3.05) is 24.3 Å². The Balaban J connectivity index is 2.17. The molecular weight excluding hydrogens is 316 g/mol. The molecule has 0 bridgehead atoms. The quantitative estimate of drug-likeness (QED) is 0.918. The lowest BCUT2D eigenvalue weighted by molar-refractivity contribution is 0.102. The highest BCUT2D eigenvalue weighted by Gasteiger charge is 2.10. The minimum atomic E-state index is -0.0959. The minimum absolute atomic E-state index is 0.0959. The van der Waals surface area contributed by atoms with Crippen LogP contribution in [0.5, 0.6) is 0 Å². The van der Waals surface area contributed by atoms with E-state index in [9.17, 15) is 4.79 Å². The summed E-state index contributed by atoms with van der Waals surface area (Å²) >= 11 is 3.44. The predicted molar refractivity (Wildman–Crippen MR) is 87.6 cm³/mol. The highest BCUT2D eigenvalue weighted by molar-refractivity contribution is 9.10. The van der Waals surface area contributed by atoms with Crippen LogP contribution in [-0.4, -0.2) is 20.0 Å². The van der Waals surface area contributed by atoms with Gasteiger partial charge in [-0.25, -0.2) is 0 Å². The standard InChI is InChI=1S/C16H17BrN2O/c1-11-14(5-4-6-15(11)17)16(20)18-12-7-9-13(10-8-12)19(2)3/h4-10H,1-3H3,(H,18,20). The second-order valence-corrected chi connectivity index (χ2v) is 5.66. The Morgan fingerprint density at radius 2 is 1.75 bits per heavy atom. The third kappa shape index (κ3) is 3.20. The summed E-state index contributed by atoms with van der Waals surface area (Å²) in [5.74, 6) is -0.0959. The summed E-state index contributed by atoms with van der Waals surface area (Å²) in [6.07, 6.45) is 0. The first-order valence-electron chi connectivity index (χ1n) is 6.33. The van der Waals surface area contributed by atoms with E-state index in [1.54, 1.807) is 0 Å². The van der Waals surface area contributed by atoms with Crippen molar-refractivity contribution < 1.29 is 4.79 Å². The molecule has 0 aliphatic rings. The summed E-state index contributed by atoms with van der Waals surface area (Å²) in [4.78, 5) is 14.3. The van der Waals surface area contributed by atoms with Gasteiger partial charge in [0.1, 0.15) is 0 Å². The van der Waals surface area contributed by atoms with Gasteiger partial charge in [-0.2, -0.15) is 0 Å². The molecule has 0 aliphatic carbocycles. The van der Waals surface area contributed by atoms with Crippen LogP contribution >= 0.6 is 15.9 Å². The van der Waals surface area contributed by atoms with E-state index >= 15 is 0 Å². The maximum atomic E-state index is 12.3. The summed E-state index contributed by atoms with van der Waals surface area (Å²) in [7, 11) is 3.97. The number of benzene rings is 2. The van der Waals surface area contributed by atoms with Crippen LogP contribution in [0.15, 0.2) is 46.9 Å². The number of nitrogens with one attached hydrogen (secondary N) is 1. The van der Waals surface area contributed by atoms with E-state index in [1.807, 2.05) is 68.4 Å². The summed E-state index contributed by atoms with van der Waals surface area (Å²) in [6.45, 7) is 1.92. The Kier molecular flexibility index (Phi) is 4.45. The SMILES string of the molecule is Cc1c(Br)cccc1C(=O)Nc1ccc(N(C)C)cc1. The summed E-state index contributed by atoms with van der Waals surface area (Å²) < 4.78 is 0.938. The van der Waals surface area contributed by atoms with Crippen molar-refractivity contribution in [2.24, 2.45) is 0 Å². The summed E-state index contributed by atoms with van der Waals surface area (Å²) in [6, 6.07) is 13.4. The van der Waals surface area contributed by atoms with Crippen molar-refractivity contribution in [3.05, 3.63) is 58.1 Å². The van der Waals surface area contributed by atoms with Crippen molar-refractivity contribution in [1.29, 1.82) is 0 Å². The number of anilines is 2. The fraction of sp³-hybridized carbons (Fsp3) is 0.188. The molecule has 0 spiro atoms. The van der Waals surface area contributed by atoms with Crippen molar-refractivity contribution >= 4 is 33.2 Å². The highest BCUT2D eigenvalue weighted by Crippen LogP contribution is 2.21. The number of carbonyl (C=O) groups is 1. The zero-order chi connectivity index (χ0) is 14.7. The summed E-state index contributed by atoms with van der Waals surface area (Å²) in [5.41, 5.74) is 3.51. The molecule has 0 saturated heterocycles. The molecule has 3 nitrogen and oxygen atoms in total. The van der Waals surface area contributed by atoms with E-state index in [-0.39, 0.29) is 5.91 Å². The van der Waals surface area contributed by atoms with Crippen LogP contribution in [0.3, 0.4) is 0 Å². The van der Waals surface area contributed by atoms with Crippen LogP contribution in [0.2, 0.25) is 0 Å². The molecule has 1 amide bonds. The predicted octanol–water partition coefficient (Wildman–Crippen LogP) is 4.08. The van der Waals surface area contributed by atoms with Crippen molar-refractivity contribution in [3.63, 3.8) is 0 Å². The first-order valence-corrected chi connectivity index (χ1v) is 7.12. The van der Waals surface area contributed by atoms with Crippen LogP contribution in [-0.2, 0) is 0 Å². The molecule has 2 rings (SSSR count). The molecule has 0 heterocycles. The maximum Gasteiger partial charge on any atom is 0.255 e. The largest absolute Gasteiger partial charge is 0.378 e. The number of hydrogen-bond donors (Lipinski definition) is 1. The zero-order valence-corrected chi connectivity index (χ0v) is 13.4. The van der Waals surface area contributed by atoms with Gasteiger partial charge in [-0.05, 0) is 48.9 Å². The van der Waals surface area contributed by atoms with E-state index in [4.69, 9.17) is 0 Å². The minimum Gasteiger partial charge on any atom is -0.378 e. The molecule has 2 aromatic carbocycles. The van der Waals surface area contributed by atoms with Gasteiger partial charge in [0.2, 0.25) is 0 Å². The monoisotopic (exact) mass is 332 g/mol. The van der Waals surface area contributed by atoms with Gasteiger partial charge in [0.05, 0.1) is 0 Å². The van der Waals surface area contributed by atoms with Crippen molar-refractivity contribution in [1.82, 2.24) is 0 Å². The first kappa shape index (κ1) is 14.6. The Labute approximate surface area is 127 Å². The molecule has 0 aliphatic heterocycles. The second-order valence-electron chi connectivity index (χ2n) is 4.81. The molecule has 0 radical (unpaired) electrons. The normalized spacial score (nSPS) is 10.2. The van der Waals surface area contributed by atoms with Gasteiger partial charge < -0.3 is 10.2 Å². The summed E-state index contributed by atoms with van der Waals surface area (Å²) in [5, 5.41) is 2.91. The fourth-order valence-corrected chi connectivity index (χ4v) is 2.26. The van der Waals surface area contributed by atoms with Gasteiger partial charge >= 0.3 is 0 Å². The molecule has 2 aromatic rings. The maximum absolute atomic E-state index is 12.3. The van der Waals surface area contributed by atoms with E-state index in [1.165, 1.54) is 0 Å². The third-order valence-electron chi connectivity index (χ3n) is 3.15. The number of hydrogen-bond acceptors (Lipinski definition) is 2. The van der Waals surface area contributed by atoms with Gasteiger partial charge in [-0.1, -0.05) is 22.0 Å². The first-order chi connectivity index (χ1) is 9.49. The molecule has 4 heteroatoms. The number of halogens is 1. The van der Waals surface area contributed by atoms with Gasteiger partial charge in [0.25, 0.3) is 5.91 Å². The Morgan fingerprint density at radius 3 is 2.35 bits per heavy atom. The molecule has 0 unspecified atom stereocenters. The van der Waals surface area contributed by atoms with E-state index in [0.717, 1.165) is 21.4 Å². The Bertz CT molecular complexity index is 621. The lowest BCUT2D eigenvalue weighted by Gasteiger charge is -2.13. The van der Waals surface area contributed by atoms with Gasteiger partial charge in [-0.3, -0.25) is 4.79 Å². The lowest BCUT2D eigenvalue weighted by Crippen LogP contribution is -2.14. The molecule has 20 heavy (non-hydrogen) atoms. The molecule has 104 valence electrons. The van der Waals surface area contributed by atoms with Crippen LogP contribution < -0.4 is 10.2 Å². The van der Waals surface area contributed by atoms with Gasteiger partial charge in [-0.15, -0.1) is 0 Å². The number of amides is 1. The molecule has 0 fully saturated rings. The van der Waals surface area contributed by atoms with Gasteiger partial charge in [0.15, 0.2) is 0 Å². The van der Waals surface area contributed by atoms with Crippen LogP contribution in [0.1, 0.15) is 15.9 Å². The van der Waals surface area contributed by atoms with Crippen LogP contribution in [0.25, 0.3) is 0 Å². The molecule has 0 aromatic heterocycles. The average Bonchev–Trinajstić information content (AvgIpc) is 2.42. The Hall–Kier alpha value is -1.81. The van der Waals surface area contributed by atoms with Crippen LogP contribution in [0, 0.1) is 6.92 Å². The molecule has 1 N–H and O–H groups in total. The number of nitrogens with zero attached hydrogens (tertiary/aromatic N) is 1. The van der Waals surface area contributed by atoms with Crippen molar-refractivity contribution in [2.45, 2.75) is 6.92 Å². The van der Waals surface area contributed by atoms with Gasteiger partial charge in [0, 0.05) is 35.5 Å². The number of carbonyl (C=O) groups excluding carboxylic acids is 1. The number of rotatable bonds is 3. The highest BCUT2D eigenvalue weighted by atomic mass is 79.9. The Morgan fingerprint density at radius 1 is 1.10 bits per heavy atom. The topological polar surface area (TPSA) is 32.3 Å². The van der Waals surface area contributed by atoms with E-state index in [0.29, 0.717) is 5.56 Å². The average molecular weight is 333 g/mol. The third-order valence-corrected chi connectivity index (χ3v) is 4.01. The van der Waals surface area contributed by atoms with E-state index < -0.39 is 0 Å². The zero-order valence-electron chi connectivity index (χ0n) is 11.8. The van der Waals surface area contributed by atoms with Crippen LogP contribution in [0.4, 0.5) is 11.4 Å². The molecule has 0 saturated carbocycles.